The van der Waals surface area contributed by atoms with Gasteiger partial charge in [0, 0.05) is 19.1 Å². The third kappa shape index (κ3) is 2.38. The lowest BCUT2D eigenvalue weighted by Crippen LogP contribution is -2.51. The number of morpholine rings is 1. The smallest absolute Gasteiger partial charge is 0.227 e. The molecule has 1 heterocycles. The Morgan fingerprint density at radius 2 is 2.00 bits per heavy atom. The fourth-order valence-corrected chi connectivity index (χ4v) is 2.88. The van der Waals surface area contributed by atoms with Gasteiger partial charge in [0.2, 0.25) is 5.91 Å². The van der Waals surface area contributed by atoms with Crippen molar-refractivity contribution >= 4 is 5.91 Å². The Balaban J connectivity index is 2.00. The predicted octanol–water partition coefficient (Wildman–Crippen LogP) is 0.609. The van der Waals surface area contributed by atoms with Gasteiger partial charge in [-0.1, -0.05) is 13.3 Å². The molecule has 1 amide bonds. The second-order valence-corrected chi connectivity index (χ2v) is 5.04. The summed E-state index contributed by atoms with van der Waals surface area (Å²) in [6, 6.07) is 0.0547. The van der Waals surface area contributed by atoms with Crippen molar-refractivity contribution in [2.24, 2.45) is 17.6 Å². The van der Waals surface area contributed by atoms with Crippen LogP contribution in [0.1, 0.15) is 26.2 Å². The van der Waals surface area contributed by atoms with Crippen molar-refractivity contribution in [3.8, 4) is 0 Å². The molecule has 0 radical (unpaired) electrons. The number of rotatable bonds is 1. The normalized spacial score (nSPS) is 36.1. The largest absolute Gasteiger partial charge is 0.378 e. The highest BCUT2D eigenvalue weighted by Crippen LogP contribution is 2.30. The molecule has 2 fully saturated rings. The summed E-state index contributed by atoms with van der Waals surface area (Å²) in [4.78, 5) is 14.3. The molecule has 0 bridgehead atoms. The first-order chi connectivity index (χ1) is 7.70. The molecular weight excluding hydrogens is 204 g/mol. The highest BCUT2D eigenvalue weighted by atomic mass is 16.5. The average Bonchev–Trinajstić information content (AvgIpc) is 2.30. The molecule has 92 valence electrons. The topological polar surface area (TPSA) is 55.6 Å². The van der Waals surface area contributed by atoms with Gasteiger partial charge in [-0.2, -0.15) is 0 Å². The Morgan fingerprint density at radius 3 is 2.62 bits per heavy atom. The lowest BCUT2D eigenvalue weighted by atomic mass is 9.76. The van der Waals surface area contributed by atoms with Gasteiger partial charge in [-0.3, -0.25) is 4.79 Å². The van der Waals surface area contributed by atoms with E-state index in [0.29, 0.717) is 19.1 Å². The van der Waals surface area contributed by atoms with E-state index >= 15 is 0 Å². The van der Waals surface area contributed by atoms with Crippen LogP contribution in [-0.2, 0) is 9.53 Å². The molecule has 2 rings (SSSR count). The van der Waals surface area contributed by atoms with Gasteiger partial charge in [0.05, 0.1) is 19.1 Å². The van der Waals surface area contributed by atoms with Gasteiger partial charge in [0.15, 0.2) is 0 Å². The van der Waals surface area contributed by atoms with Crippen molar-refractivity contribution in [3.63, 3.8) is 0 Å². The molecule has 0 spiro atoms. The van der Waals surface area contributed by atoms with Crippen LogP contribution in [0.5, 0.6) is 0 Å². The second-order valence-electron chi connectivity index (χ2n) is 5.04. The van der Waals surface area contributed by atoms with Gasteiger partial charge in [0.25, 0.3) is 0 Å². The van der Waals surface area contributed by atoms with E-state index in [2.05, 4.69) is 6.92 Å². The Labute approximate surface area is 97.1 Å². The molecular formula is C12H22N2O2. The SMILES string of the molecule is CC1CCCC(N)C1C(=O)N1CCOCC1. The maximum Gasteiger partial charge on any atom is 0.227 e. The fourth-order valence-electron chi connectivity index (χ4n) is 2.88. The van der Waals surface area contributed by atoms with Crippen molar-refractivity contribution in [1.82, 2.24) is 4.90 Å². The number of nitrogens with zero attached hydrogens (tertiary/aromatic N) is 1. The minimum Gasteiger partial charge on any atom is -0.378 e. The lowest BCUT2D eigenvalue weighted by molar-refractivity contribution is -0.143. The summed E-state index contributed by atoms with van der Waals surface area (Å²) < 4.78 is 5.27. The van der Waals surface area contributed by atoms with Gasteiger partial charge in [-0.15, -0.1) is 0 Å². The summed E-state index contributed by atoms with van der Waals surface area (Å²) in [6.45, 7) is 4.95. The number of amides is 1. The van der Waals surface area contributed by atoms with E-state index in [1.165, 1.54) is 0 Å². The minimum atomic E-state index is 0.0341. The summed E-state index contributed by atoms with van der Waals surface area (Å²) in [5, 5.41) is 0. The Bertz CT molecular complexity index is 241. The van der Waals surface area contributed by atoms with Gasteiger partial charge in [-0.25, -0.2) is 0 Å². The second kappa shape index (κ2) is 5.15. The van der Waals surface area contributed by atoms with E-state index in [0.717, 1.165) is 32.4 Å². The molecule has 1 saturated carbocycles. The monoisotopic (exact) mass is 226 g/mol. The van der Waals surface area contributed by atoms with E-state index in [9.17, 15) is 4.79 Å². The van der Waals surface area contributed by atoms with Crippen LogP contribution in [0.2, 0.25) is 0 Å². The lowest BCUT2D eigenvalue weighted by Gasteiger charge is -2.38. The molecule has 3 atom stereocenters. The summed E-state index contributed by atoms with van der Waals surface area (Å²) in [5.41, 5.74) is 6.10. The molecule has 1 aliphatic carbocycles. The van der Waals surface area contributed by atoms with Crippen LogP contribution < -0.4 is 5.73 Å². The first-order valence-electron chi connectivity index (χ1n) is 6.32. The highest BCUT2D eigenvalue weighted by molar-refractivity contribution is 5.80. The molecule has 1 aliphatic heterocycles. The molecule has 0 aromatic rings. The Hall–Kier alpha value is -0.610. The summed E-state index contributed by atoms with van der Waals surface area (Å²) in [7, 11) is 0. The van der Waals surface area contributed by atoms with Crippen molar-refractivity contribution in [2.45, 2.75) is 32.2 Å². The Kier molecular flexibility index (Phi) is 3.82. The molecule has 0 aromatic heterocycles. The number of carbonyl (C=O) groups excluding carboxylic acids is 1. The maximum atomic E-state index is 12.4. The van der Waals surface area contributed by atoms with Crippen LogP contribution in [0.3, 0.4) is 0 Å². The standard InChI is InChI=1S/C12H22N2O2/c1-9-3-2-4-10(13)11(9)12(15)14-5-7-16-8-6-14/h9-11H,2-8,13H2,1H3. The number of hydrogen-bond acceptors (Lipinski definition) is 3. The summed E-state index contributed by atoms with van der Waals surface area (Å²) >= 11 is 0. The van der Waals surface area contributed by atoms with Gasteiger partial charge in [-0.05, 0) is 18.8 Å². The zero-order valence-corrected chi connectivity index (χ0v) is 10.0. The molecule has 3 unspecified atom stereocenters. The zero-order chi connectivity index (χ0) is 11.5. The predicted molar refractivity (Wildman–Crippen MR) is 61.9 cm³/mol. The van der Waals surface area contributed by atoms with Crippen molar-refractivity contribution in [3.05, 3.63) is 0 Å². The van der Waals surface area contributed by atoms with Gasteiger partial charge in [0.1, 0.15) is 0 Å². The van der Waals surface area contributed by atoms with Crippen molar-refractivity contribution < 1.29 is 9.53 Å². The van der Waals surface area contributed by atoms with Crippen molar-refractivity contribution in [1.29, 1.82) is 0 Å². The van der Waals surface area contributed by atoms with E-state index in [1.807, 2.05) is 4.90 Å². The van der Waals surface area contributed by atoms with E-state index < -0.39 is 0 Å². The minimum absolute atomic E-state index is 0.0341. The van der Waals surface area contributed by atoms with Crippen LogP contribution in [0.15, 0.2) is 0 Å². The third-order valence-electron chi connectivity index (χ3n) is 3.88. The number of hydrogen-bond donors (Lipinski definition) is 1. The average molecular weight is 226 g/mol. The number of carbonyl (C=O) groups is 1. The van der Waals surface area contributed by atoms with E-state index in [-0.39, 0.29) is 17.9 Å². The summed E-state index contributed by atoms with van der Waals surface area (Å²) in [5.74, 6) is 0.717. The zero-order valence-electron chi connectivity index (χ0n) is 10.0. The summed E-state index contributed by atoms with van der Waals surface area (Å²) in [6.07, 6.45) is 3.29. The highest BCUT2D eigenvalue weighted by Gasteiger charge is 2.36. The molecule has 1 saturated heterocycles. The quantitative estimate of drug-likeness (QED) is 0.712. The molecule has 16 heavy (non-hydrogen) atoms. The van der Waals surface area contributed by atoms with Crippen LogP contribution in [0, 0.1) is 11.8 Å². The van der Waals surface area contributed by atoms with Gasteiger partial charge < -0.3 is 15.4 Å². The first kappa shape index (κ1) is 11.9. The van der Waals surface area contributed by atoms with Crippen LogP contribution in [-0.4, -0.2) is 43.2 Å². The molecule has 0 aromatic carbocycles. The van der Waals surface area contributed by atoms with Crippen LogP contribution >= 0.6 is 0 Å². The fraction of sp³-hybridized carbons (Fsp3) is 0.917. The number of nitrogens with two attached hydrogens (primary N) is 1. The molecule has 2 aliphatic rings. The molecule has 2 N–H and O–H groups in total. The van der Waals surface area contributed by atoms with Crippen molar-refractivity contribution in [2.75, 3.05) is 26.3 Å². The molecule has 4 nitrogen and oxygen atoms in total. The third-order valence-corrected chi connectivity index (χ3v) is 3.88. The van der Waals surface area contributed by atoms with Crippen LogP contribution in [0.25, 0.3) is 0 Å². The van der Waals surface area contributed by atoms with E-state index in [4.69, 9.17) is 10.5 Å². The van der Waals surface area contributed by atoms with Crippen LogP contribution in [0.4, 0.5) is 0 Å². The van der Waals surface area contributed by atoms with Gasteiger partial charge >= 0.3 is 0 Å². The number of ether oxygens (including phenoxy) is 1. The van der Waals surface area contributed by atoms with E-state index in [1.54, 1.807) is 0 Å². The molecule has 4 heteroatoms. The Morgan fingerprint density at radius 1 is 1.31 bits per heavy atom. The maximum absolute atomic E-state index is 12.4. The first-order valence-corrected chi connectivity index (χ1v) is 6.32.